The Morgan fingerprint density at radius 2 is 1.79 bits per heavy atom. The minimum absolute atomic E-state index is 0.147. The number of nitrogens with two attached hydrogens (primary N) is 1. The third-order valence-corrected chi connectivity index (χ3v) is 5.91. The monoisotopic (exact) mass is 403 g/mol. The minimum atomic E-state index is -0.752. The van der Waals surface area contributed by atoms with Crippen LogP contribution in [0.2, 0.25) is 0 Å². The van der Waals surface area contributed by atoms with Crippen molar-refractivity contribution in [3.05, 3.63) is 30.1 Å². The molecule has 3 rings (SSSR count). The van der Waals surface area contributed by atoms with Crippen LogP contribution in [0.1, 0.15) is 38.5 Å². The van der Waals surface area contributed by atoms with Gasteiger partial charge in [-0.2, -0.15) is 5.10 Å². The van der Waals surface area contributed by atoms with Gasteiger partial charge in [-0.3, -0.25) is 14.6 Å². The molecular weight excluding hydrogens is 373 g/mol. The molecule has 1 aromatic rings. The Morgan fingerprint density at radius 3 is 2.41 bits per heavy atom. The molecule has 0 aromatic heterocycles. The van der Waals surface area contributed by atoms with E-state index in [-0.39, 0.29) is 18.1 Å². The van der Waals surface area contributed by atoms with E-state index in [0.717, 1.165) is 6.54 Å². The molecule has 0 bridgehead atoms. The van der Waals surface area contributed by atoms with Crippen molar-refractivity contribution < 1.29 is 14.0 Å². The number of anilines is 1. The van der Waals surface area contributed by atoms with Gasteiger partial charge in [0.15, 0.2) is 0 Å². The molecular formula is C21H30FN5O2. The maximum Gasteiger partial charge on any atom is 0.269 e. The molecule has 0 radical (unpaired) electrons. The fraction of sp³-hybridized carbons (Fsp3) is 0.571. The standard InChI is InChI=1S/C21H30FN5O2/c1-25(16-6-4-3-5-7-16)12-13-26(2)21(29)18-14-19(20(23)28)27(24-18)17-10-8-15(22)9-11-17/h8-11,16,19H,3-7,12-14H2,1-2H3,(H2,23,28). The third kappa shape index (κ3) is 5.12. The number of nitrogens with zero attached hydrogens (tertiary/aromatic N) is 4. The summed E-state index contributed by atoms with van der Waals surface area (Å²) in [4.78, 5) is 28.7. The fourth-order valence-corrected chi connectivity index (χ4v) is 4.03. The van der Waals surface area contributed by atoms with Crippen molar-refractivity contribution in [2.75, 3.05) is 32.2 Å². The van der Waals surface area contributed by atoms with Gasteiger partial charge in [-0.05, 0) is 44.2 Å². The van der Waals surface area contributed by atoms with E-state index < -0.39 is 11.9 Å². The maximum absolute atomic E-state index is 13.2. The molecule has 1 aliphatic carbocycles. The molecule has 7 nitrogen and oxygen atoms in total. The molecule has 1 saturated carbocycles. The van der Waals surface area contributed by atoms with E-state index in [1.54, 1.807) is 11.9 Å². The lowest BCUT2D eigenvalue weighted by Gasteiger charge is -2.32. The summed E-state index contributed by atoms with van der Waals surface area (Å²) in [5.74, 6) is -1.16. The summed E-state index contributed by atoms with van der Waals surface area (Å²) in [7, 11) is 3.86. The highest BCUT2D eigenvalue weighted by Gasteiger charge is 2.36. The summed E-state index contributed by atoms with van der Waals surface area (Å²) in [6.45, 7) is 1.38. The van der Waals surface area contributed by atoms with Crippen LogP contribution in [0.15, 0.2) is 29.4 Å². The van der Waals surface area contributed by atoms with E-state index >= 15 is 0 Å². The Morgan fingerprint density at radius 1 is 1.14 bits per heavy atom. The zero-order chi connectivity index (χ0) is 21.0. The van der Waals surface area contributed by atoms with Crippen LogP contribution < -0.4 is 10.7 Å². The number of hydrogen-bond acceptors (Lipinski definition) is 5. The van der Waals surface area contributed by atoms with E-state index in [2.05, 4.69) is 17.0 Å². The third-order valence-electron chi connectivity index (χ3n) is 5.91. The van der Waals surface area contributed by atoms with E-state index in [1.165, 1.54) is 61.4 Å². The summed E-state index contributed by atoms with van der Waals surface area (Å²) in [5, 5.41) is 5.76. The second-order valence-electron chi connectivity index (χ2n) is 7.99. The van der Waals surface area contributed by atoms with Crippen LogP contribution in [0, 0.1) is 5.82 Å². The number of amides is 2. The Balaban J connectivity index is 1.63. The smallest absolute Gasteiger partial charge is 0.269 e. The van der Waals surface area contributed by atoms with Crippen LogP contribution in [-0.4, -0.2) is 66.6 Å². The fourth-order valence-electron chi connectivity index (χ4n) is 4.03. The molecule has 2 aliphatic rings. The second-order valence-corrected chi connectivity index (χ2v) is 7.99. The van der Waals surface area contributed by atoms with Crippen molar-refractivity contribution in [3.8, 4) is 0 Å². The van der Waals surface area contributed by atoms with Crippen LogP contribution in [0.4, 0.5) is 10.1 Å². The predicted octanol–water partition coefficient (Wildman–Crippen LogP) is 1.97. The first-order chi connectivity index (χ1) is 13.9. The first-order valence-corrected chi connectivity index (χ1v) is 10.2. The van der Waals surface area contributed by atoms with E-state index in [0.29, 0.717) is 24.0 Å². The van der Waals surface area contributed by atoms with Crippen LogP contribution in [-0.2, 0) is 9.59 Å². The minimum Gasteiger partial charge on any atom is -0.368 e. The second kappa shape index (κ2) is 9.35. The van der Waals surface area contributed by atoms with Crippen molar-refractivity contribution in [1.29, 1.82) is 0 Å². The topological polar surface area (TPSA) is 82.2 Å². The number of halogens is 1. The molecule has 2 amide bonds. The van der Waals surface area contributed by atoms with Gasteiger partial charge in [0, 0.05) is 32.6 Å². The Bertz CT molecular complexity index is 761. The van der Waals surface area contributed by atoms with Gasteiger partial charge in [0.25, 0.3) is 5.91 Å². The van der Waals surface area contributed by atoms with Crippen molar-refractivity contribution >= 4 is 23.2 Å². The van der Waals surface area contributed by atoms with Gasteiger partial charge in [0.05, 0.1) is 5.69 Å². The number of rotatable bonds is 7. The van der Waals surface area contributed by atoms with Crippen LogP contribution in [0.3, 0.4) is 0 Å². The number of benzene rings is 1. The summed E-state index contributed by atoms with van der Waals surface area (Å²) in [6.07, 6.45) is 6.44. The molecule has 1 fully saturated rings. The van der Waals surface area contributed by atoms with Crippen molar-refractivity contribution in [1.82, 2.24) is 9.80 Å². The number of carbonyl (C=O) groups excluding carboxylic acids is 2. The van der Waals surface area contributed by atoms with Gasteiger partial charge in [0.2, 0.25) is 5.91 Å². The lowest BCUT2D eigenvalue weighted by atomic mass is 9.94. The van der Waals surface area contributed by atoms with Gasteiger partial charge in [-0.15, -0.1) is 0 Å². The Hall–Kier alpha value is -2.48. The average Bonchev–Trinajstić information content (AvgIpc) is 3.18. The molecule has 2 N–H and O–H groups in total. The zero-order valence-electron chi connectivity index (χ0n) is 17.2. The van der Waals surface area contributed by atoms with Gasteiger partial charge in [0.1, 0.15) is 17.6 Å². The number of likely N-dealkylation sites (N-methyl/N-ethyl adjacent to an activating group) is 2. The first-order valence-electron chi connectivity index (χ1n) is 10.2. The number of hydrazone groups is 1. The molecule has 1 aromatic carbocycles. The molecule has 1 heterocycles. The highest BCUT2D eigenvalue weighted by atomic mass is 19.1. The van der Waals surface area contributed by atoms with E-state index in [4.69, 9.17) is 5.73 Å². The van der Waals surface area contributed by atoms with Crippen LogP contribution >= 0.6 is 0 Å². The van der Waals surface area contributed by atoms with Gasteiger partial charge in [-0.1, -0.05) is 19.3 Å². The number of carbonyl (C=O) groups is 2. The summed E-state index contributed by atoms with van der Waals surface area (Å²) in [5.41, 5.74) is 6.33. The first kappa shape index (κ1) is 21.2. The maximum atomic E-state index is 13.2. The van der Waals surface area contributed by atoms with Crippen molar-refractivity contribution in [2.24, 2.45) is 10.8 Å². The SMILES string of the molecule is CN(CCN(C)C1CCCCC1)C(=O)C1=NN(c2ccc(F)cc2)C(C(N)=O)C1. The van der Waals surface area contributed by atoms with Crippen LogP contribution in [0.5, 0.6) is 0 Å². The number of primary amides is 1. The molecule has 29 heavy (non-hydrogen) atoms. The van der Waals surface area contributed by atoms with Crippen molar-refractivity contribution in [3.63, 3.8) is 0 Å². The Labute approximate surface area is 171 Å². The molecule has 1 atom stereocenters. The molecule has 8 heteroatoms. The molecule has 0 saturated heterocycles. The quantitative estimate of drug-likeness (QED) is 0.755. The molecule has 0 spiro atoms. The summed E-state index contributed by atoms with van der Waals surface area (Å²) >= 11 is 0. The molecule has 1 aliphatic heterocycles. The highest BCUT2D eigenvalue weighted by Crippen LogP contribution is 2.25. The summed E-state index contributed by atoms with van der Waals surface area (Å²) in [6, 6.07) is 5.45. The van der Waals surface area contributed by atoms with Gasteiger partial charge in [-0.25, -0.2) is 4.39 Å². The lowest BCUT2D eigenvalue weighted by molar-refractivity contribution is -0.123. The molecule has 158 valence electrons. The number of hydrogen-bond donors (Lipinski definition) is 1. The predicted molar refractivity (Wildman–Crippen MR) is 111 cm³/mol. The zero-order valence-corrected chi connectivity index (χ0v) is 17.2. The highest BCUT2D eigenvalue weighted by molar-refractivity contribution is 6.40. The largest absolute Gasteiger partial charge is 0.368 e. The van der Waals surface area contributed by atoms with E-state index in [1.807, 2.05) is 0 Å². The summed E-state index contributed by atoms with van der Waals surface area (Å²) < 4.78 is 13.2. The van der Waals surface area contributed by atoms with Crippen LogP contribution in [0.25, 0.3) is 0 Å². The normalized spacial score (nSPS) is 20.1. The van der Waals surface area contributed by atoms with E-state index in [9.17, 15) is 14.0 Å². The van der Waals surface area contributed by atoms with Crippen molar-refractivity contribution in [2.45, 2.75) is 50.6 Å². The lowest BCUT2D eigenvalue weighted by Crippen LogP contribution is -2.42. The van der Waals surface area contributed by atoms with Gasteiger partial charge >= 0.3 is 0 Å². The Kier molecular flexibility index (Phi) is 6.84. The van der Waals surface area contributed by atoms with Gasteiger partial charge < -0.3 is 15.5 Å². The molecule has 1 unspecified atom stereocenters. The average molecular weight is 404 g/mol.